The minimum atomic E-state index is -0.226. The maximum atomic E-state index is 12.6. The largest absolute Gasteiger partial charge is 0.340 e. The van der Waals surface area contributed by atoms with Gasteiger partial charge in [-0.1, -0.05) is 18.2 Å². The smallest absolute Gasteiger partial charge is 0.262 e. The average molecular weight is 365 g/mol. The Bertz CT molecular complexity index is 1010. The Balaban J connectivity index is 1.57. The molecule has 1 fully saturated rings. The minimum absolute atomic E-state index is 0.126. The molecule has 0 radical (unpaired) electrons. The molecular formula is C20H23N5O2. The number of aryl methyl sites for hydroxylation is 1. The number of piperidine rings is 1. The number of benzene rings is 1. The van der Waals surface area contributed by atoms with Crippen LogP contribution in [0.25, 0.3) is 16.7 Å². The highest BCUT2D eigenvalue weighted by atomic mass is 16.2. The van der Waals surface area contributed by atoms with Crippen LogP contribution < -0.4 is 5.56 Å². The maximum absolute atomic E-state index is 12.6. The van der Waals surface area contributed by atoms with Crippen LogP contribution in [-0.4, -0.2) is 43.1 Å². The van der Waals surface area contributed by atoms with E-state index in [1.807, 2.05) is 35.2 Å². The van der Waals surface area contributed by atoms with Gasteiger partial charge in [0.2, 0.25) is 5.91 Å². The summed E-state index contributed by atoms with van der Waals surface area (Å²) in [4.78, 5) is 34.3. The van der Waals surface area contributed by atoms with Gasteiger partial charge in [0.1, 0.15) is 11.2 Å². The van der Waals surface area contributed by atoms with Gasteiger partial charge in [-0.05, 0) is 38.3 Å². The van der Waals surface area contributed by atoms with Gasteiger partial charge in [0.05, 0.1) is 11.9 Å². The molecule has 1 atom stereocenters. The van der Waals surface area contributed by atoms with E-state index in [0.29, 0.717) is 35.7 Å². The van der Waals surface area contributed by atoms with Crippen molar-refractivity contribution >= 4 is 16.9 Å². The maximum Gasteiger partial charge on any atom is 0.262 e. The predicted molar refractivity (Wildman–Crippen MR) is 103 cm³/mol. The Morgan fingerprint density at radius 3 is 2.85 bits per heavy atom. The van der Waals surface area contributed by atoms with E-state index in [1.54, 1.807) is 4.68 Å². The lowest BCUT2D eigenvalue weighted by molar-refractivity contribution is -0.134. The summed E-state index contributed by atoms with van der Waals surface area (Å²) in [5.41, 5.74) is 1.13. The minimum Gasteiger partial charge on any atom is -0.340 e. The second-order valence-electron chi connectivity index (χ2n) is 7.07. The van der Waals surface area contributed by atoms with Crippen molar-refractivity contribution in [3.05, 3.63) is 52.7 Å². The number of likely N-dealkylation sites (tertiary alicyclic amines) is 1. The number of carbonyl (C=O) groups is 1. The molecule has 3 aromatic rings. The molecule has 1 aliphatic heterocycles. The Morgan fingerprint density at radius 1 is 1.26 bits per heavy atom. The Labute approximate surface area is 157 Å². The number of nitrogens with zero attached hydrogens (tertiary/aromatic N) is 4. The lowest BCUT2D eigenvalue weighted by Gasteiger charge is -2.33. The molecule has 0 spiro atoms. The van der Waals surface area contributed by atoms with E-state index in [2.05, 4.69) is 22.0 Å². The topological polar surface area (TPSA) is 83.9 Å². The monoisotopic (exact) mass is 365 g/mol. The number of H-pyrrole nitrogens is 1. The van der Waals surface area contributed by atoms with Gasteiger partial charge in [-0.25, -0.2) is 9.67 Å². The number of para-hydroxylation sites is 1. The molecule has 1 aliphatic rings. The fourth-order valence-electron chi connectivity index (χ4n) is 3.68. The van der Waals surface area contributed by atoms with Crippen molar-refractivity contribution in [1.29, 1.82) is 0 Å². The van der Waals surface area contributed by atoms with E-state index in [-0.39, 0.29) is 11.5 Å². The van der Waals surface area contributed by atoms with Crippen LogP contribution in [-0.2, 0) is 11.2 Å². The summed E-state index contributed by atoms with van der Waals surface area (Å²) in [6.45, 7) is 2.92. The van der Waals surface area contributed by atoms with Crippen LogP contribution in [0.5, 0.6) is 0 Å². The first-order valence-electron chi connectivity index (χ1n) is 9.45. The normalized spacial score (nSPS) is 17.4. The van der Waals surface area contributed by atoms with E-state index in [9.17, 15) is 9.59 Å². The van der Waals surface area contributed by atoms with Crippen LogP contribution in [0.1, 0.15) is 38.4 Å². The molecule has 1 amide bonds. The highest BCUT2D eigenvalue weighted by molar-refractivity contribution is 5.77. The van der Waals surface area contributed by atoms with Crippen LogP contribution in [0, 0.1) is 0 Å². The van der Waals surface area contributed by atoms with Gasteiger partial charge in [0.15, 0.2) is 5.65 Å². The van der Waals surface area contributed by atoms with Gasteiger partial charge >= 0.3 is 0 Å². The summed E-state index contributed by atoms with van der Waals surface area (Å²) in [5.74, 6) is 0.643. The van der Waals surface area contributed by atoms with Crippen molar-refractivity contribution in [3.8, 4) is 5.69 Å². The average Bonchev–Trinajstić information content (AvgIpc) is 3.12. The second-order valence-corrected chi connectivity index (χ2v) is 7.07. The van der Waals surface area contributed by atoms with Crippen LogP contribution in [0.3, 0.4) is 0 Å². The third-order valence-electron chi connectivity index (χ3n) is 5.19. The van der Waals surface area contributed by atoms with Crippen molar-refractivity contribution < 1.29 is 4.79 Å². The predicted octanol–water partition coefficient (Wildman–Crippen LogP) is 2.44. The zero-order valence-electron chi connectivity index (χ0n) is 15.4. The lowest BCUT2D eigenvalue weighted by Crippen LogP contribution is -2.42. The molecule has 27 heavy (non-hydrogen) atoms. The molecule has 7 heteroatoms. The van der Waals surface area contributed by atoms with Gasteiger partial charge in [-0.3, -0.25) is 9.59 Å². The third-order valence-corrected chi connectivity index (χ3v) is 5.19. The number of fused-ring (bicyclic) bond motifs is 1. The molecule has 0 aliphatic carbocycles. The zero-order valence-corrected chi connectivity index (χ0v) is 15.4. The number of carbonyl (C=O) groups excluding carboxylic acids is 1. The molecule has 1 unspecified atom stereocenters. The number of amides is 1. The second kappa shape index (κ2) is 7.34. The summed E-state index contributed by atoms with van der Waals surface area (Å²) in [5, 5.41) is 4.75. The number of aromatic amines is 1. The van der Waals surface area contributed by atoms with Crippen LogP contribution in [0.2, 0.25) is 0 Å². The van der Waals surface area contributed by atoms with Gasteiger partial charge in [0, 0.05) is 25.4 Å². The first-order valence-corrected chi connectivity index (χ1v) is 9.45. The Morgan fingerprint density at radius 2 is 2.07 bits per heavy atom. The molecule has 0 saturated carbocycles. The molecule has 3 heterocycles. The number of rotatable bonds is 4. The number of hydrogen-bond acceptors (Lipinski definition) is 4. The van der Waals surface area contributed by atoms with Gasteiger partial charge in [-0.2, -0.15) is 5.10 Å². The summed E-state index contributed by atoms with van der Waals surface area (Å²) in [6.07, 6.45) is 5.58. The third kappa shape index (κ3) is 3.49. The fourth-order valence-corrected chi connectivity index (χ4v) is 3.68. The molecule has 140 valence electrons. The van der Waals surface area contributed by atoms with Crippen molar-refractivity contribution in [2.24, 2.45) is 0 Å². The Kier molecular flexibility index (Phi) is 4.75. The number of hydrogen-bond donors (Lipinski definition) is 1. The van der Waals surface area contributed by atoms with Gasteiger partial charge in [-0.15, -0.1) is 0 Å². The van der Waals surface area contributed by atoms with E-state index >= 15 is 0 Å². The van der Waals surface area contributed by atoms with Crippen molar-refractivity contribution in [3.63, 3.8) is 0 Å². The van der Waals surface area contributed by atoms with E-state index in [1.165, 1.54) is 12.6 Å². The zero-order chi connectivity index (χ0) is 18.8. The first-order chi connectivity index (χ1) is 13.1. The molecule has 7 nitrogen and oxygen atoms in total. The van der Waals surface area contributed by atoms with Gasteiger partial charge < -0.3 is 9.88 Å². The summed E-state index contributed by atoms with van der Waals surface area (Å²) >= 11 is 0. The molecule has 1 N–H and O–H groups in total. The van der Waals surface area contributed by atoms with Crippen molar-refractivity contribution in [1.82, 2.24) is 24.6 Å². The molecule has 0 bridgehead atoms. The number of nitrogens with one attached hydrogen (secondary N) is 1. The van der Waals surface area contributed by atoms with Crippen molar-refractivity contribution in [2.75, 3.05) is 6.54 Å². The highest BCUT2D eigenvalue weighted by Gasteiger charge is 2.23. The Hall–Kier alpha value is -2.96. The van der Waals surface area contributed by atoms with E-state index < -0.39 is 0 Å². The first kappa shape index (κ1) is 17.5. The van der Waals surface area contributed by atoms with Crippen LogP contribution >= 0.6 is 0 Å². The van der Waals surface area contributed by atoms with E-state index in [4.69, 9.17) is 0 Å². The fraction of sp³-hybridized carbons (Fsp3) is 0.400. The summed E-state index contributed by atoms with van der Waals surface area (Å²) < 4.78 is 1.66. The molecule has 2 aromatic heterocycles. The molecular weight excluding hydrogens is 342 g/mol. The highest BCUT2D eigenvalue weighted by Crippen LogP contribution is 2.18. The quantitative estimate of drug-likeness (QED) is 0.770. The molecule has 1 aromatic carbocycles. The summed E-state index contributed by atoms with van der Waals surface area (Å²) in [7, 11) is 0. The van der Waals surface area contributed by atoms with Crippen molar-refractivity contribution in [2.45, 2.75) is 45.1 Å². The summed E-state index contributed by atoms with van der Waals surface area (Å²) in [6, 6.07) is 9.87. The molecule has 4 rings (SSSR count). The van der Waals surface area contributed by atoms with Gasteiger partial charge in [0.25, 0.3) is 5.56 Å². The standard InChI is InChI=1S/C20H23N5O2/c1-14-7-5-6-12-24(14)18(26)11-10-17-22-19-16(20(27)23-17)13-21-25(19)15-8-3-2-4-9-15/h2-4,8-9,13-14H,5-7,10-12H2,1H3,(H,22,23,27). The van der Waals surface area contributed by atoms with Crippen LogP contribution in [0.4, 0.5) is 0 Å². The molecule has 1 saturated heterocycles. The van der Waals surface area contributed by atoms with Crippen LogP contribution in [0.15, 0.2) is 41.3 Å². The SMILES string of the molecule is CC1CCCCN1C(=O)CCc1nc2c(cnn2-c2ccccc2)c(=O)[nH]1. The number of aromatic nitrogens is 4. The lowest BCUT2D eigenvalue weighted by atomic mass is 10.0. The van der Waals surface area contributed by atoms with E-state index in [0.717, 1.165) is 25.1 Å².